The molecule has 1 aromatic carbocycles. The number of amides is 1. The minimum absolute atomic E-state index is 0.0206. The second kappa shape index (κ2) is 8.22. The molecule has 160 valence electrons. The largest absolute Gasteiger partial charge is 0.325 e. The monoisotopic (exact) mass is 408 g/mol. The van der Waals surface area contributed by atoms with Gasteiger partial charge in [0.15, 0.2) is 0 Å². The number of piperidine rings is 1. The van der Waals surface area contributed by atoms with Crippen molar-refractivity contribution in [3.8, 4) is 0 Å². The van der Waals surface area contributed by atoms with E-state index in [2.05, 4.69) is 51.9 Å². The van der Waals surface area contributed by atoms with Gasteiger partial charge in [0.25, 0.3) is 0 Å². The second-order valence-corrected chi connectivity index (χ2v) is 8.71. The van der Waals surface area contributed by atoms with Gasteiger partial charge in [-0.25, -0.2) is 4.98 Å². The van der Waals surface area contributed by atoms with Crippen LogP contribution in [0.15, 0.2) is 24.3 Å². The molecular formula is C23H32N6O. The molecule has 1 atom stereocenters. The Balaban J connectivity index is 1.49. The Morgan fingerprint density at radius 1 is 1.27 bits per heavy atom. The van der Waals surface area contributed by atoms with Gasteiger partial charge in [-0.1, -0.05) is 12.1 Å². The molecule has 7 heteroatoms. The Hall–Kier alpha value is -2.67. The number of benzene rings is 1. The highest BCUT2D eigenvalue weighted by Crippen LogP contribution is 2.31. The molecule has 0 unspecified atom stereocenters. The van der Waals surface area contributed by atoms with Crippen LogP contribution in [0.4, 0.5) is 5.69 Å². The number of nitrogens with zero attached hydrogens (tertiary/aromatic N) is 5. The Kier molecular flexibility index (Phi) is 5.64. The highest BCUT2D eigenvalue weighted by molar-refractivity contribution is 5.93. The molecule has 1 N–H and O–H groups in total. The van der Waals surface area contributed by atoms with Gasteiger partial charge >= 0.3 is 0 Å². The molecule has 7 nitrogen and oxygen atoms in total. The minimum atomic E-state index is 0.0206. The quantitative estimate of drug-likeness (QED) is 0.698. The normalized spacial score (nSPS) is 17.7. The number of hydrogen-bond acceptors (Lipinski definition) is 4. The first-order valence-electron chi connectivity index (χ1n) is 10.8. The standard InChI is InChI=1S/C23H32N6O/c1-15(2)29-20-11-7-6-10-19(20)24-23(29)18-9-8-12-28(13-18)14-21(30)25-22-16(3)26-27(5)17(22)4/h6-7,10-11,15,18H,8-9,12-14H2,1-5H3,(H,25,30)/t18-/m0/s1. The van der Waals surface area contributed by atoms with E-state index in [1.807, 2.05) is 27.0 Å². The first-order chi connectivity index (χ1) is 14.3. The summed E-state index contributed by atoms with van der Waals surface area (Å²) in [5.74, 6) is 1.51. The molecular weight excluding hydrogens is 376 g/mol. The van der Waals surface area contributed by atoms with E-state index < -0.39 is 0 Å². The lowest BCUT2D eigenvalue weighted by Gasteiger charge is -2.32. The zero-order valence-corrected chi connectivity index (χ0v) is 18.6. The van der Waals surface area contributed by atoms with E-state index in [4.69, 9.17) is 4.98 Å². The zero-order chi connectivity index (χ0) is 21.4. The average molecular weight is 409 g/mol. The van der Waals surface area contributed by atoms with E-state index in [0.29, 0.717) is 18.5 Å². The van der Waals surface area contributed by atoms with Crippen LogP contribution in [0.25, 0.3) is 11.0 Å². The predicted octanol–water partition coefficient (Wildman–Crippen LogP) is 3.79. The highest BCUT2D eigenvalue weighted by atomic mass is 16.2. The molecule has 3 heterocycles. The first-order valence-corrected chi connectivity index (χ1v) is 10.8. The number of aromatic nitrogens is 4. The number of likely N-dealkylation sites (tertiary alicyclic amines) is 1. The molecule has 30 heavy (non-hydrogen) atoms. The van der Waals surface area contributed by atoms with Crippen molar-refractivity contribution in [2.45, 2.75) is 52.5 Å². The number of para-hydroxylation sites is 2. The number of hydrogen-bond donors (Lipinski definition) is 1. The third-order valence-corrected chi connectivity index (χ3v) is 6.15. The Morgan fingerprint density at radius 3 is 2.73 bits per heavy atom. The van der Waals surface area contributed by atoms with Crippen LogP contribution in [0, 0.1) is 13.8 Å². The Labute approximate surface area is 178 Å². The van der Waals surface area contributed by atoms with E-state index in [-0.39, 0.29) is 5.91 Å². The maximum Gasteiger partial charge on any atom is 0.238 e. The number of imidazole rings is 1. The van der Waals surface area contributed by atoms with Crippen LogP contribution in [0.3, 0.4) is 0 Å². The SMILES string of the molecule is Cc1nn(C)c(C)c1NC(=O)CN1CCC[C@H](c2nc3ccccc3n2C(C)C)C1. The van der Waals surface area contributed by atoms with E-state index in [9.17, 15) is 4.79 Å². The number of aryl methyl sites for hydroxylation is 2. The third kappa shape index (κ3) is 3.86. The summed E-state index contributed by atoms with van der Waals surface area (Å²) >= 11 is 0. The molecule has 3 aromatic rings. The number of carbonyl (C=O) groups is 1. The van der Waals surface area contributed by atoms with Crippen molar-refractivity contribution in [2.24, 2.45) is 7.05 Å². The maximum atomic E-state index is 12.7. The fraction of sp³-hybridized carbons (Fsp3) is 0.522. The molecule has 0 saturated carbocycles. The number of rotatable bonds is 5. The summed E-state index contributed by atoms with van der Waals surface area (Å²) in [5.41, 5.74) is 4.91. The van der Waals surface area contributed by atoms with Gasteiger partial charge in [-0.15, -0.1) is 0 Å². The van der Waals surface area contributed by atoms with Crippen molar-refractivity contribution in [3.63, 3.8) is 0 Å². The topological polar surface area (TPSA) is 68.0 Å². The lowest BCUT2D eigenvalue weighted by atomic mass is 9.96. The summed E-state index contributed by atoms with van der Waals surface area (Å²) in [6.07, 6.45) is 2.18. The van der Waals surface area contributed by atoms with Crippen LogP contribution in [0.2, 0.25) is 0 Å². The summed E-state index contributed by atoms with van der Waals surface area (Å²) < 4.78 is 4.17. The summed E-state index contributed by atoms with van der Waals surface area (Å²) in [5, 5.41) is 7.45. The van der Waals surface area contributed by atoms with Gasteiger partial charge in [0.1, 0.15) is 5.82 Å². The molecule has 1 aliphatic heterocycles. The molecule has 1 aliphatic rings. The second-order valence-electron chi connectivity index (χ2n) is 8.71. The van der Waals surface area contributed by atoms with E-state index in [1.54, 1.807) is 4.68 Å². The predicted molar refractivity (Wildman–Crippen MR) is 120 cm³/mol. The van der Waals surface area contributed by atoms with Crippen LogP contribution in [-0.2, 0) is 11.8 Å². The summed E-state index contributed by atoms with van der Waals surface area (Å²) in [6.45, 7) is 10.5. The molecule has 1 amide bonds. The van der Waals surface area contributed by atoms with Gasteiger partial charge in [0, 0.05) is 25.6 Å². The third-order valence-electron chi connectivity index (χ3n) is 6.15. The highest BCUT2D eigenvalue weighted by Gasteiger charge is 2.28. The molecule has 4 rings (SSSR count). The molecule has 1 fully saturated rings. The fourth-order valence-corrected chi connectivity index (χ4v) is 4.64. The zero-order valence-electron chi connectivity index (χ0n) is 18.6. The summed E-state index contributed by atoms with van der Waals surface area (Å²) in [6, 6.07) is 8.71. The smallest absolute Gasteiger partial charge is 0.238 e. The molecule has 2 aromatic heterocycles. The van der Waals surface area contributed by atoms with Crippen LogP contribution in [-0.4, -0.2) is 49.8 Å². The van der Waals surface area contributed by atoms with Crippen LogP contribution >= 0.6 is 0 Å². The molecule has 0 aliphatic carbocycles. The summed E-state index contributed by atoms with van der Waals surface area (Å²) in [4.78, 5) is 20.0. The number of carbonyl (C=O) groups excluding carboxylic acids is 1. The van der Waals surface area contributed by atoms with Gasteiger partial charge in [-0.3, -0.25) is 14.4 Å². The van der Waals surface area contributed by atoms with Crippen molar-refractivity contribution in [3.05, 3.63) is 41.5 Å². The van der Waals surface area contributed by atoms with Gasteiger partial charge in [0.05, 0.1) is 34.7 Å². The van der Waals surface area contributed by atoms with Crippen LogP contribution < -0.4 is 5.32 Å². The van der Waals surface area contributed by atoms with Crippen LogP contribution in [0.1, 0.15) is 55.9 Å². The lowest BCUT2D eigenvalue weighted by molar-refractivity contribution is -0.117. The number of anilines is 1. The van der Waals surface area contributed by atoms with E-state index >= 15 is 0 Å². The molecule has 0 bridgehead atoms. The van der Waals surface area contributed by atoms with Gasteiger partial charge in [-0.05, 0) is 59.2 Å². The fourth-order valence-electron chi connectivity index (χ4n) is 4.64. The van der Waals surface area contributed by atoms with Gasteiger partial charge < -0.3 is 9.88 Å². The first kappa shape index (κ1) is 20.6. The maximum absolute atomic E-state index is 12.7. The number of nitrogens with one attached hydrogen (secondary N) is 1. The average Bonchev–Trinajstić information content (AvgIpc) is 3.21. The summed E-state index contributed by atoms with van der Waals surface area (Å²) in [7, 11) is 1.90. The van der Waals surface area contributed by atoms with E-state index in [1.165, 1.54) is 5.52 Å². The number of fused-ring (bicyclic) bond motifs is 1. The van der Waals surface area contributed by atoms with Crippen molar-refractivity contribution < 1.29 is 4.79 Å². The lowest BCUT2D eigenvalue weighted by Crippen LogP contribution is -2.40. The van der Waals surface area contributed by atoms with Crippen LogP contribution in [0.5, 0.6) is 0 Å². The van der Waals surface area contributed by atoms with E-state index in [0.717, 1.165) is 54.3 Å². The molecule has 0 radical (unpaired) electrons. The molecule has 0 spiro atoms. The van der Waals surface area contributed by atoms with Gasteiger partial charge in [0.2, 0.25) is 5.91 Å². The van der Waals surface area contributed by atoms with Crippen molar-refractivity contribution >= 4 is 22.6 Å². The van der Waals surface area contributed by atoms with Crippen molar-refractivity contribution in [2.75, 3.05) is 25.0 Å². The minimum Gasteiger partial charge on any atom is -0.325 e. The van der Waals surface area contributed by atoms with Crippen molar-refractivity contribution in [1.29, 1.82) is 0 Å². The Bertz CT molecular complexity index is 1060. The van der Waals surface area contributed by atoms with Gasteiger partial charge in [-0.2, -0.15) is 5.10 Å². The van der Waals surface area contributed by atoms with Crippen molar-refractivity contribution in [1.82, 2.24) is 24.2 Å². The molecule has 1 saturated heterocycles. The Morgan fingerprint density at radius 2 is 2.03 bits per heavy atom.